The Bertz CT molecular complexity index is 1150. The largest absolute Gasteiger partial charge is 0.497 e. The van der Waals surface area contributed by atoms with Crippen molar-refractivity contribution >= 4 is 22.8 Å². The molecule has 0 saturated carbocycles. The number of benzene rings is 2. The molecule has 1 atom stereocenters. The quantitative estimate of drug-likeness (QED) is 0.658. The molecular weight excluding hydrogens is 399 g/mol. The summed E-state index contributed by atoms with van der Waals surface area (Å²) in [5.41, 5.74) is 3.47. The predicted molar refractivity (Wildman–Crippen MR) is 115 cm³/mol. The summed E-state index contributed by atoms with van der Waals surface area (Å²) < 4.78 is 21.0. The van der Waals surface area contributed by atoms with Crippen LogP contribution in [0.1, 0.15) is 23.2 Å². The Kier molecular flexibility index (Phi) is 5.67. The van der Waals surface area contributed by atoms with Crippen molar-refractivity contribution in [2.24, 2.45) is 0 Å². The van der Waals surface area contributed by atoms with Gasteiger partial charge < -0.3 is 19.3 Å². The van der Waals surface area contributed by atoms with Crippen LogP contribution in [0, 0.1) is 5.82 Å². The first-order valence-corrected chi connectivity index (χ1v) is 10.3. The number of methoxy groups -OCH3 is 1. The number of aliphatic carboxylic acids is 1. The fourth-order valence-corrected chi connectivity index (χ4v) is 4.54. The van der Waals surface area contributed by atoms with Gasteiger partial charge in [-0.05, 0) is 60.7 Å². The third kappa shape index (κ3) is 4.13. The number of hydrogen-bond donors (Lipinski definition) is 1. The molecule has 0 bridgehead atoms. The number of aromatic nitrogens is 1. The Labute approximate surface area is 179 Å². The van der Waals surface area contributed by atoms with Crippen LogP contribution in [0.3, 0.4) is 0 Å². The molecule has 1 amide bonds. The normalized spacial score (nSPS) is 15.5. The number of carbonyl (C=O) groups excluding carboxylic acids is 1. The fourth-order valence-electron chi connectivity index (χ4n) is 4.54. The van der Waals surface area contributed by atoms with E-state index in [0.717, 1.165) is 34.1 Å². The number of rotatable bonds is 6. The average Bonchev–Trinajstić information content (AvgIpc) is 3.05. The number of carboxylic acid groups (broad SMARTS) is 1. The minimum Gasteiger partial charge on any atom is -0.497 e. The van der Waals surface area contributed by atoms with Gasteiger partial charge in [-0.3, -0.25) is 9.59 Å². The van der Waals surface area contributed by atoms with Crippen molar-refractivity contribution in [2.75, 3.05) is 14.2 Å². The second-order valence-electron chi connectivity index (χ2n) is 8.00. The van der Waals surface area contributed by atoms with Crippen molar-refractivity contribution in [2.45, 2.75) is 38.3 Å². The maximum atomic E-state index is 14.0. The number of fused-ring (bicyclic) bond motifs is 3. The number of carboxylic acids is 1. The van der Waals surface area contributed by atoms with E-state index in [9.17, 15) is 19.1 Å². The van der Waals surface area contributed by atoms with Gasteiger partial charge in [-0.2, -0.15) is 0 Å². The van der Waals surface area contributed by atoms with Crippen LogP contribution in [0.15, 0.2) is 42.5 Å². The van der Waals surface area contributed by atoms with E-state index in [-0.39, 0.29) is 30.7 Å². The second kappa shape index (κ2) is 8.41. The number of nitrogens with zero attached hydrogens (tertiary/aromatic N) is 2. The lowest BCUT2D eigenvalue weighted by Gasteiger charge is -2.32. The van der Waals surface area contributed by atoms with E-state index < -0.39 is 5.97 Å². The Morgan fingerprint density at radius 3 is 2.81 bits per heavy atom. The summed E-state index contributed by atoms with van der Waals surface area (Å²) in [6.45, 7) is -0.160. The average molecular weight is 424 g/mol. The van der Waals surface area contributed by atoms with E-state index in [1.807, 2.05) is 24.3 Å². The van der Waals surface area contributed by atoms with Crippen LogP contribution in [-0.4, -0.2) is 46.6 Å². The molecule has 0 fully saturated rings. The van der Waals surface area contributed by atoms with E-state index >= 15 is 0 Å². The summed E-state index contributed by atoms with van der Waals surface area (Å²) >= 11 is 0. The van der Waals surface area contributed by atoms with Gasteiger partial charge in [-0.15, -0.1) is 0 Å². The van der Waals surface area contributed by atoms with Crippen LogP contribution in [0.25, 0.3) is 10.9 Å². The molecule has 1 N–H and O–H groups in total. The summed E-state index contributed by atoms with van der Waals surface area (Å²) in [5, 5.41) is 10.1. The predicted octanol–water partition coefficient (Wildman–Crippen LogP) is 3.43. The molecule has 0 aliphatic heterocycles. The first-order valence-electron chi connectivity index (χ1n) is 10.3. The first-order chi connectivity index (χ1) is 14.9. The smallest absolute Gasteiger partial charge is 0.323 e. The summed E-state index contributed by atoms with van der Waals surface area (Å²) in [6, 6.07) is 11.9. The standard InChI is InChI=1S/C24H25FN2O4/c1-26(23(28)11-15-4-3-5-18(10-15)31-2)17-7-9-22-20(13-17)19-12-16(25)6-8-21(19)27(22)14-24(29)30/h3-6,8,10,12,17H,7,9,11,13-14H2,1-2H3,(H,29,30). The first kappa shape index (κ1) is 20.9. The molecule has 1 aliphatic carbocycles. The van der Waals surface area contributed by atoms with Gasteiger partial charge in [0.15, 0.2) is 0 Å². The van der Waals surface area contributed by atoms with E-state index in [2.05, 4.69) is 0 Å². The molecule has 7 heteroatoms. The second-order valence-corrected chi connectivity index (χ2v) is 8.00. The van der Waals surface area contributed by atoms with Crippen molar-refractivity contribution in [3.8, 4) is 5.75 Å². The van der Waals surface area contributed by atoms with Crippen LogP contribution < -0.4 is 4.74 Å². The van der Waals surface area contributed by atoms with Gasteiger partial charge in [0, 0.05) is 29.7 Å². The van der Waals surface area contributed by atoms with Crippen molar-refractivity contribution in [1.82, 2.24) is 9.47 Å². The Morgan fingerprint density at radius 2 is 2.06 bits per heavy atom. The summed E-state index contributed by atoms with van der Waals surface area (Å²) in [7, 11) is 3.39. The molecule has 6 nitrogen and oxygen atoms in total. The van der Waals surface area contributed by atoms with Gasteiger partial charge in [0.25, 0.3) is 0 Å². The van der Waals surface area contributed by atoms with Crippen LogP contribution in [0.4, 0.5) is 4.39 Å². The van der Waals surface area contributed by atoms with Gasteiger partial charge in [-0.25, -0.2) is 4.39 Å². The molecule has 2 aromatic carbocycles. The minimum absolute atomic E-state index is 0.00200. The molecule has 0 saturated heterocycles. The topological polar surface area (TPSA) is 71.8 Å². The highest BCUT2D eigenvalue weighted by atomic mass is 19.1. The third-order valence-electron chi connectivity index (χ3n) is 6.13. The lowest BCUT2D eigenvalue weighted by Crippen LogP contribution is -2.41. The fraction of sp³-hybridized carbons (Fsp3) is 0.333. The van der Waals surface area contributed by atoms with E-state index in [1.54, 1.807) is 29.7 Å². The Balaban J connectivity index is 1.59. The van der Waals surface area contributed by atoms with Crippen LogP contribution in [-0.2, 0) is 35.4 Å². The van der Waals surface area contributed by atoms with Gasteiger partial charge in [0.05, 0.1) is 13.5 Å². The number of carbonyl (C=O) groups is 2. The van der Waals surface area contributed by atoms with Crippen molar-refractivity contribution in [1.29, 1.82) is 0 Å². The highest BCUT2D eigenvalue weighted by Gasteiger charge is 2.30. The lowest BCUT2D eigenvalue weighted by atomic mass is 9.90. The number of amides is 1. The Hall–Kier alpha value is -3.35. The zero-order chi connectivity index (χ0) is 22.1. The maximum absolute atomic E-state index is 14.0. The Morgan fingerprint density at radius 1 is 1.26 bits per heavy atom. The highest BCUT2D eigenvalue weighted by molar-refractivity contribution is 5.87. The van der Waals surface area contributed by atoms with Crippen LogP contribution >= 0.6 is 0 Å². The van der Waals surface area contributed by atoms with Gasteiger partial charge in [0.1, 0.15) is 18.1 Å². The van der Waals surface area contributed by atoms with Crippen molar-refractivity contribution in [3.05, 3.63) is 65.1 Å². The van der Waals surface area contributed by atoms with Crippen molar-refractivity contribution in [3.63, 3.8) is 0 Å². The number of ether oxygens (including phenoxy) is 1. The lowest BCUT2D eigenvalue weighted by molar-refractivity contribution is -0.137. The zero-order valence-electron chi connectivity index (χ0n) is 17.6. The van der Waals surface area contributed by atoms with E-state index in [4.69, 9.17) is 4.74 Å². The molecule has 0 spiro atoms. The van der Waals surface area contributed by atoms with Gasteiger partial charge >= 0.3 is 5.97 Å². The maximum Gasteiger partial charge on any atom is 0.323 e. The molecule has 3 aromatic rings. The SMILES string of the molecule is COc1cccc(CC(=O)N(C)C2CCc3c(c4cc(F)ccc4n3CC(=O)O)C2)c1. The zero-order valence-corrected chi connectivity index (χ0v) is 17.6. The summed E-state index contributed by atoms with van der Waals surface area (Å²) in [6.07, 6.45) is 2.21. The van der Waals surface area contributed by atoms with Crippen LogP contribution in [0.2, 0.25) is 0 Å². The number of halogens is 1. The summed E-state index contributed by atoms with van der Waals surface area (Å²) in [4.78, 5) is 26.1. The molecule has 31 heavy (non-hydrogen) atoms. The molecule has 162 valence electrons. The van der Waals surface area contributed by atoms with Gasteiger partial charge in [-0.1, -0.05) is 12.1 Å². The van der Waals surface area contributed by atoms with Gasteiger partial charge in [0.2, 0.25) is 5.91 Å². The highest BCUT2D eigenvalue weighted by Crippen LogP contribution is 2.34. The summed E-state index contributed by atoms with van der Waals surface area (Å²) in [5.74, 6) is -0.574. The van der Waals surface area contributed by atoms with E-state index in [1.165, 1.54) is 12.1 Å². The van der Waals surface area contributed by atoms with Crippen LogP contribution in [0.5, 0.6) is 5.75 Å². The number of likely N-dealkylation sites (N-methyl/N-ethyl adjacent to an activating group) is 1. The monoisotopic (exact) mass is 424 g/mol. The third-order valence-corrected chi connectivity index (χ3v) is 6.13. The molecular formula is C24H25FN2O4. The molecule has 1 aromatic heterocycles. The molecule has 1 unspecified atom stereocenters. The molecule has 1 heterocycles. The number of hydrogen-bond acceptors (Lipinski definition) is 3. The van der Waals surface area contributed by atoms with E-state index in [0.29, 0.717) is 18.6 Å². The minimum atomic E-state index is -0.934. The van der Waals surface area contributed by atoms with Crippen molar-refractivity contribution < 1.29 is 23.8 Å². The molecule has 1 aliphatic rings. The molecule has 4 rings (SSSR count). The molecule has 0 radical (unpaired) electrons.